The quantitative estimate of drug-likeness (QED) is 0.764. The molecule has 0 saturated carbocycles. The molecule has 0 saturated heterocycles. The van der Waals surface area contributed by atoms with Crippen LogP contribution >= 0.6 is 11.3 Å². The number of ether oxygens (including phenoxy) is 1. The van der Waals surface area contributed by atoms with Crippen molar-refractivity contribution >= 4 is 23.2 Å². The van der Waals surface area contributed by atoms with Gasteiger partial charge in [0.1, 0.15) is 0 Å². The maximum Gasteiger partial charge on any atom is 0.261 e. The summed E-state index contributed by atoms with van der Waals surface area (Å²) >= 11 is 1.59. The number of hydrogen-bond donors (Lipinski definition) is 0. The molecule has 1 atom stereocenters. The topological polar surface area (TPSA) is 59.5 Å². The summed E-state index contributed by atoms with van der Waals surface area (Å²) in [5.74, 6) is -0.180. The van der Waals surface area contributed by atoms with E-state index in [2.05, 4.69) is 11.9 Å². The predicted molar refractivity (Wildman–Crippen MR) is 87.9 cm³/mol. The number of methoxy groups -OCH3 is 1. The minimum Gasteiger partial charge on any atom is -0.384 e. The van der Waals surface area contributed by atoms with E-state index in [1.165, 1.54) is 4.90 Å². The molecule has 1 aromatic carbocycles. The first-order valence-electron chi connectivity index (χ1n) is 7.50. The Balaban J connectivity index is 1.66. The normalized spacial score (nSPS) is 15.1. The van der Waals surface area contributed by atoms with Crippen molar-refractivity contribution in [1.29, 1.82) is 0 Å². The van der Waals surface area contributed by atoms with E-state index in [9.17, 15) is 9.59 Å². The van der Waals surface area contributed by atoms with Crippen molar-refractivity contribution in [3.05, 3.63) is 51.5 Å². The van der Waals surface area contributed by atoms with Gasteiger partial charge in [0.25, 0.3) is 11.8 Å². The lowest BCUT2D eigenvalue weighted by Gasteiger charge is -2.12. The van der Waals surface area contributed by atoms with Crippen LogP contribution in [0, 0.1) is 0 Å². The Morgan fingerprint density at radius 2 is 1.87 bits per heavy atom. The van der Waals surface area contributed by atoms with Crippen LogP contribution in [0.15, 0.2) is 29.6 Å². The molecular formula is C17H18N2O3S. The molecule has 6 heteroatoms. The largest absolute Gasteiger partial charge is 0.384 e. The molecule has 0 bridgehead atoms. The number of nitrogens with zero attached hydrogens (tertiary/aromatic N) is 2. The third-order valence-corrected chi connectivity index (χ3v) is 5.00. The van der Waals surface area contributed by atoms with Gasteiger partial charge in [-0.3, -0.25) is 14.5 Å². The van der Waals surface area contributed by atoms with E-state index in [1.807, 2.05) is 5.38 Å². The Bertz CT molecular complexity index is 706. The molecule has 0 fully saturated rings. The Kier molecular flexibility index (Phi) is 4.54. The smallest absolute Gasteiger partial charge is 0.261 e. The molecule has 1 aliphatic heterocycles. The minimum atomic E-state index is -0.214. The monoisotopic (exact) mass is 330 g/mol. The van der Waals surface area contributed by atoms with Crippen molar-refractivity contribution in [2.24, 2.45) is 0 Å². The highest BCUT2D eigenvalue weighted by Gasteiger charge is 2.34. The molecule has 120 valence electrons. The van der Waals surface area contributed by atoms with Gasteiger partial charge in [-0.05, 0) is 12.1 Å². The number of carbonyl (C=O) groups excluding carboxylic acids is 2. The highest BCUT2D eigenvalue weighted by atomic mass is 32.1. The summed E-state index contributed by atoms with van der Waals surface area (Å²) in [5, 5.41) is 3.00. The van der Waals surface area contributed by atoms with Crippen LogP contribution in [0.25, 0.3) is 0 Å². The average molecular weight is 330 g/mol. The van der Waals surface area contributed by atoms with Crippen molar-refractivity contribution in [1.82, 2.24) is 9.88 Å². The van der Waals surface area contributed by atoms with Gasteiger partial charge < -0.3 is 4.74 Å². The first-order valence-corrected chi connectivity index (χ1v) is 8.38. The summed E-state index contributed by atoms with van der Waals surface area (Å²) in [5.41, 5.74) is 1.89. The molecular weight excluding hydrogens is 312 g/mol. The van der Waals surface area contributed by atoms with Gasteiger partial charge in [-0.25, -0.2) is 4.98 Å². The van der Waals surface area contributed by atoms with Crippen LogP contribution in [0.5, 0.6) is 0 Å². The molecule has 1 aliphatic rings. The summed E-state index contributed by atoms with van der Waals surface area (Å²) in [6.45, 7) is 3.05. The molecule has 2 heterocycles. The second kappa shape index (κ2) is 6.60. The van der Waals surface area contributed by atoms with E-state index in [4.69, 9.17) is 4.74 Å². The first kappa shape index (κ1) is 15.8. The third-order valence-electron chi connectivity index (χ3n) is 3.88. The molecule has 1 aromatic heterocycles. The second-order valence-electron chi connectivity index (χ2n) is 5.59. The van der Waals surface area contributed by atoms with Crippen LogP contribution in [-0.4, -0.2) is 42.0 Å². The number of fused-ring (bicyclic) bond motifs is 1. The summed E-state index contributed by atoms with van der Waals surface area (Å²) in [6.07, 6.45) is 0.571. The third kappa shape index (κ3) is 3.04. The van der Waals surface area contributed by atoms with Crippen molar-refractivity contribution in [2.75, 3.05) is 20.3 Å². The van der Waals surface area contributed by atoms with Crippen LogP contribution in [0.1, 0.15) is 44.3 Å². The standard InChI is InChI=1S/C17H18N2O3S/c1-11(9-22-2)15-18-12(10-23-15)7-8-19-16(20)13-5-3-4-6-14(13)17(19)21/h3-6,10-11H,7-9H2,1-2H3. The lowest BCUT2D eigenvalue weighted by molar-refractivity contribution is 0.0656. The van der Waals surface area contributed by atoms with Crippen LogP contribution < -0.4 is 0 Å². The molecule has 0 N–H and O–H groups in total. The summed E-state index contributed by atoms with van der Waals surface area (Å²) in [6, 6.07) is 6.95. The lowest BCUT2D eigenvalue weighted by atomic mass is 10.1. The van der Waals surface area contributed by atoms with Crippen LogP contribution in [-0.2, 0) is 11.2 Å². The van der Waals surface area contributed by atoms with Crippen molar-refractivity contribution < 1.29 is 14.3 Å². The van der Waals surface area contributed by atoms with Gasteiger partial charge in [0.2, 0.25) is 0 Å². The number of aromatic nitrogens is 1. The van der Waals surface area contributed by atoms with Gasteiger partial charge in [0.05, 0.1) is 28.4 Å². The van der Waals surface area contributed by atoms with Gasteiger partial charge >= 0.3 is 0 Å². The maximum atomic E-state index is 12.3. The number of amides is 2. The average Bonchev–Trinajstić information content (AvgIpc) is 3.12. The van der Waals surface area contributed by atoms with E-state index in [1.54, 1.807) is 42.7 Å². The van der Waals surface area contributed by atoms with Gasteiger partial charge in [-0.15, -0.1) is 11.3 Å². The zero-order valence-electron chi connectivity index (χ0n) is 13.1. The number of thiazole rings is 1. The summed E-state index contributed by atoms with van der Waals surface area (Å²) in [4.78, 5) is 30.5. The highest BCUT2D eigenvalue weighted by molar-refractivity contribution is 7.09. The Morgan fingerprint density at radius 3 is 2.48 bits per heavy atom. The number of imide groups is 1. The Morgan fingerprint density at radius 1 is 1.22 bits per heavy atom. The van der Waals surface area contributed by atoms with Crippen molar-refractivity contribution in [3.8, 4) is 0 Å². The highest BCUT2D eigenvalue weighted by Crippen LogP contribution is 2.24. The van der Waals surface area contributed by atoms with E-state index in [0.717, 1.165) is 10.7 Å². The molecule has 5 nitrogen and oxygen atoms in total. The van der Waals surface area contributed by atoms with Gasteiger partial charge in [0, 0.05) is 31.4 Å². The molecule has 1 unspecified atom stereocenters. The first-order chi connectivity index (χ1) is 11.1. The zero-order valence-corrected chi connectivity index (χ0v) is 13.9. The number of rotatable bonds is 6. The van der Waals surface area contributed by atoms with E-state index in [-0.39, 0.29) is 17.7 Å². The van der Waals surface area contributed by atoms with Crippen LogP contribution in [0.2, 0.25) is 0 Å². The molecule has 3 rings (SSSR count). The second-order valence-corrected chi connectivity index (χ2v) is 6.48. The minimum absolute atomic E-state index is 0.214. The van der Waals surface area contributed by atoms with E-state index in [0.29, 0.717) is 30.7 Å². The summed E-state index contributed by atoms with van der Waals surface area (Å²) in [7, 11) is 1.67. The zero-order chi connectivity index (χ0) is 16.4. The molecule has 2 aromatic rings. The van der Waals surface area contributed by atoms with E-state index < -0.39 is 0 Å². The molecule has 0 aliphatic carbocycles. The number of benzene rings is 1. The SMILES string of the molecule is COCC(C)c1nc(CCN2C(=O)c3ccccc3C2=O)cs1. The van der Waals surface area contributed by atoms with Gasteiger partial charge in [0.15, 0.2) is 0 Å². The fourth-order valence-corrected chi connectivity index (χ4v) is 3.55. The molecule has 0 spiro atoms. The lowest BCUT2D eigenvalue weighted by Crippen LogP contribution is -2.31. The Labute approximate surface area is 138 Å². The Hall–Kier alpha value is -2.05. The van der Waals surface area contributed by atoms with Crippen LogP contribution in [0.3, 0.4) is 0 Å². The number of hydrogen-bond acceptors (Lipinski definition) is 5. The van der Waals surface area contributed by atoms with Crippen LogP contribution in [0.4, 0.5) is 0 Å². The van der Waals surface area contributed by atoms with Gasteiger partial charge in [-0.2, -0.15) is 0 Å². The molecule has 23 heavy (non-hydrogen) atoms. The fraction of sp³-hybridized carbons (Fsp3) is 0.353. The molecule has 0 radical (unpaired) electrons. The fourth-order valence-electron chi connectivity index (χ4n) is 2.65. The predicted octanol–water partition coefficient (Wildman–Crippen LogP) is 2.73. The van der Waals surface area contributed by atoms with E-state index >= 15 is 0 Å². The number of carbonyl (C=O) groups is 2. The van der Waals surface area contributed by atoms with Crippen molar-refractivity contribution in [2.45, 2.75) is 19.3 Å². The maximum absolute atomic E-state index is 12.3. The van der Waals surface area contributed by atoms with Crippen molar-refractivity contribution in [3.63, 3.8) is 0 Å². The summed E-state index contributed by atoms with van der Waals surface area (Å²) < 4.78 is 5.14. The van der Waals surface area contributed by atoms with Gasteiger partial charge in [-0.1, -0.05) is 19.1 Å². The molecule has 2 amide bonds.